The number of para-hydroxylation sites is 1. The molecular weight excluding hydrogens is 196 g/mol. The molecule has 0 aliphatic heterocycles. The van der Waals surface area contributed by atoms with E-state index in [2.05, 4.69) is 4.98 Å². The van der Waals surface area contributed by atoms with Crippen LogP contribution >= 0.6 is 11.3 Å². The second-order valence-electron chi connectivity index (χ2n) is 2.94. The van der Waals surface area contributed by atoms with Crippen molar-refractivity contribution >= 4 is 21.6 Å². The van der Waals surface area contributed by atoms with Gasteiger partial charge in [0.05, 0.1) is 16.8 Å². The van der Waals surface area contributed by atoms with Crippen LogP contribution in [0.5, 0.6) is 5.19 Å². The van der Waals surface area contributed by atoms with E-state index in [0.29, 0.717) is 13.2 Å². The molecule has 1 aromatic carbocycles. The molecule has 0 amide bonds. The average Bonchev–Trinajstić information content (AvgIpc) is 2.60. The van der Waals surface area contributed by atoms with Gasteiger partial charge in [0.1, 0.15) is 0 Å². The number of fused-ring (bicyclic) bond motifs is 1. The van der Waals surface area contributed by atoms with Crippen LogP contribution < -0.4 is 10.5 Å². The van der Waals surface area contributed by atoms with Gasteiger partial charge in [-0.25, -0.2) is 4.98 Å². The molecule has 0 saturated carbocycles. The molecule has 0 aliphatic carbocycles. The van der Waals surface area contributed by atoms with Gasteiger partial charge in [-0.05, 0) is 25.1 Å². The zero-order valence-electron chi connectivity index (χ0n) is 7.77. The molecule has 2 N–H and O–H groups in total. The number of rotatable bonds is 4. The predicted octanol–water partition coefficient (Wildman–Crippen LogP) is 2.02. The van der Waals surface area contributed by atoms with Gasteiger partial charge in [0.2, 0.25) is 0 Å². The van der Waals surface area contributed by atoms with E-state index < -0.39 is 0 Å². The summed E-state index contributed by atoms with van der Waals surface area (Å²) in [5.74, 6) is 0. The summed E-state index contributed by atoms with van der Waals surface area (Å²) < 4.78 is 6.62. The predicted molar refractivity (Wildman–Crippen MR) is 58.8 cm³/mol. The number of nitrogens with zero attached hydrogens (tertiary/aromatic N) is 1. The highest BCUT2D eigenvalue weighted by atomic mass is 32.1. The highest BCUT2D eigenvalue weighted by Crippen LogP contribution is 2.27. The van der Waals surface area contributed by atoms with Crippen LogP contribution in [0.15, 0.2) is 24.3 Å². The van der Waals surface area contributed by atoms with Gasteiger partial charge in [-0.2, -0.15) is 0 Å². The minimum atomic E-state index is 0.649. The molecule has 1 heterocycles. The largest absolute Gasteiger partial charge is 0.470 e. The Morgan fingerprint density at radius 2 is 2.21 bits per heavy atom. The lowest BCUT2D eigenvalue weighted by Gasteiger charge is -1.98. The zero-order chi connectivity index (χ0) is 9.80. The van der Waals surface area contributed by atoms with Crippen LogP contribution in [0.1, 0.15) is 6.42 Å². The molecule has 2 rings (SSSR count). The number of thiazole rings is 1. The molecule has 74 valence electrons. The van der Waals surface area contributed by atoms with Crippen LogP contribution in [0.4, 0.5) is 0 Å². The third kappa shape index (κ3) is 2.02. The van der Waals surface area contributed by atoms with Crippen LogP contribution in [0.25, 0.3) is 10.2 Å². The van der Waals surface area contributed by atoms with E-state index in [0.717, 1.165) is 21.8 Å². The van der Waals surface area contributed by atoms with Crippen molar-refractivity contribution in [3.8, 4) is 5.19 Å². The van der Waals surface area contributed by atoms with E-state index in [-0.39, 0.29) is 0 Å². The van der Waals surface area contributed by atoms with Gasteiger partial charge < -0.3 is 10.5 Å². The number of benzene rings is 1. The van der Waals surface area contributed by atoms with E-state index in [1.807, 2.05) is 24.3 Å². The van der Waals surface area contributed by atoms with Gasteiger partial charge in [0.25, 0.3) is 5.19 Å². The van der Waals surface area contributed by atoms with Gasteiger partial charge in [0.15, 0.2) is 0 Å². The summed E-state index contributed by atoms with van der Waals surface area (Å²) in [7, 11) is 0. The van der Waals surface area contributed by atoms with Crippen molar-refractivity contribution in [3.63, 3.8) is 0 Å². The molecule has 0 atom stereocenters. The summed E-state index contributed by atoms with van der Waals surface area (Å²) in [6, 6.07) is 8.01. The molecule has 0 bridgehead atoms. The Hall–Kier alpha value is -1.13. The number of ether oxygens (including phenoxy) is 1. The lowest BCUT2D eigenvalue weighted by atomic mass is 10.3. The van der Waals surface area contributed by atoms with Gasteiger partial charge in [-0.1, -0.05) is 23.5 Å². The summed E-state index contributed by atoms with van der Waals surface area (Å²) in [6.45, 7) is 1.31. The fourth-order valence-corrected chi connectivity index (χ4v) is 1.99. The molecule has 0 fully saturated rings. The molecule has 3 nitrogen and oxygen atoms in total. The summed E-state index contributed by atoms with van der Waals surface area (Å²) in [4.78, 5) is 4.34. The Morgan fingerprint density at radius 3 is 3.00 bits per heavy atom. The maximum Gasteiger partial charge on any atom is 0.274 e. The van der Waals surface area contributed by atoms with E-state index in [4.69, 9.17) is 10.5 Å². The normalized spacial score (nSPS) is 10.6. The second-order valence-corrected chi connectivity index (χ2v) is 3.93. The summed E-state index contributed by atoms with van der Waals surface area (Å²) in [5.41, 5.74) is 6.37. The quantitative estimate of drug-likeness (QED) is 0.782. The molecule has 0 unspecified atom stereocenters. The van der Waals surface area contributed by atoms with Gasteiger partial charge in [-0.15, -0.1) is 0 Å². The third-order valence-corrected chi connectivity index (χ3v) is 2.80. The van der Waals surface area contributed by atoms with Crippen molar-refractivity contribution < 1.29 is 4.74 Å². The van der Waals surface area contributed by atoms with Crippen molar-refractivity contribution in [2.24, 2.45) is 5.73 Å². The van der Waals surface area contributed by atoms with Crippen LogP contribution in [-0.4, -0.2) is 18.1 Å². The third-order valence-electron chi connectivity index (χ3n) is 1.85. The fraction of sp³-hybridized carbons (Fsp3) is 0.300. The highest BCUT2D eigenvalue weighted by Gasteiger charge is 2.02. The Kier molecular flexibility index (Phi) is 2.96. The summed E-state index contributed by atoms with van der Waals surface area (Å²) in [5, 5.41) is 0.736. The van der Waals surface area contributed by atoms with Crippen LogP contribution in [0.3, 0.4) is 0 Å². The van der Waals surface area contributed by atoms with E-state index >= 15 is 0 Å². The van der Waals surface area contributed by atoms with E-state index in [1.165, 1.54) is 0 Å². The Morgan fingerprint density at radius 1 is 1.36 bits per heavy atom. The maximum absolute atomic E-state index is 5.46. The first-order chi connectivity index (χ1) is 6.90. The SMILES string of the molecule is NCCCOc1nc2ccccc2s1. The highest BCUT2D eigenvalue weighted by molar-refractivity contribution is 7.20. The first kappa shape index (κ1) is 9.43. The molecule has 4 heteroatoms. The molecule has 14 heavy (non-hydrogen) atoms. The molecule has 0 spiro atoms. The first-order valence-corrected chi connectivity index (χ1v) is 5.40. The second kappa shape index (κ2) is 4.39. The van der Waals surface area contributed by atoms with Crippen molar-refractivity contribution in [2.75, 3.05) is 13.2 Å². The topological polar surface area (TPSA) is 48.1 Å². The van der Waals surface area contributed by atoms with Crippen molar-refractivity contribution in [3.05, 3.63) is 24.3 Å². The summed E-state index contributed by atoms with van der Waals surface area (Å²) in [6.07, 6.45) is 0.871. The van der Waals surface area contributed by atoms with Crippen LogP contribution in [-0.2, 0) is 0 Å². The molecule has 1 aromatic heterocycles. The van der Waals surface area contributed by atoms with Crippen LogP contribution in [0.2, 0.25) is 0 Å². The molecule has 0 saturated heterocycles. The first-order valence-electron chi connectivity index (χ1n) is 4.58. The standard InChI is InChI=1S/C10H12N2OS/c11-6-3-7-13-10-12-8-4-1-2-5-9(8)14-10/h1-2,4-5H,3,6-7,11H2. The molecule has 2 aromatic rings. The van der Waals surface area contributed by atoms with Gasteiger partial charge in [-0.3, -0.25) is 0 Å². The smallest absolute Gasteiger partial charge is 0.274 e. The Bertz CT molecular complexity index is 380. The minimum absolute atomic E-state index is 0.649. The number of hydrogen-bond acceptors (Lipinski definition) is 4. The summed E-state index contributed by atoms with van der Waals surface area (Å²) >= 11 is 1.57. The molecular formula is C10H12N2OS. The Labute approximate surface area is 86.5 Å². The van der Waals surface area contributed by atoms with Crippen molar-refractivity contribution in [2.45, 2.75) is 6.42 Å². The van der Waals surface area contributed by atoms with E-state index in [9.17, 15) is 0 Å². The fourth-order valence-electron chi connectivity index (χ4n) is 1.16. The van der Waals surface area contributed by atoms with Gasteiger partial charge >= 0.3 is 0 Å². The zero-order valence-corrected chi connectivity index (χ0v) is 8.59. The molecule has 0 radical (unpaired) electrons. The Balaban J connectivity index is 2.11. The lowest BCUT2D eigenvalue weighted by Crippen LogP contribution is -2.05. The monoisotopic (exact) mass is 208 g/mol. The minimum Gasteiger partial charge on any atom is -0.470 e. The average molecular weight is 208 g/mol. The van der Waals surface area contributed by atoms with Crippen molar-refractivity contribution in [1.29, 1.82) is 0 Å². The lowest BCUT2D eigenvalue weighted by molar-refractivity contribution is 0.312. The van der Waals surface area contributed by atoms with Crippen molar-refractivity contribution in [1.82, 2.24) is 4.98 Å². The number of aromatic nitrogens is 1. The van der Waals surface area contributed by atoms with E-state index in [1.54, 1.807) is 11.3 Å². The maximum atomic E-state index is 5.46. The number of hydrogen-bond donors (Lipinski definition) is 1. The van der Waals surface area contributed by atoms with Crippen LogP contribution in [0, 0.1) is 0 Å². The number of nitrogens with two attached hydrogens (primary N) is 1. The molecule has 0 aliphatic rings. The van der Waals surface area contributed by atoms with Gasteiger partial charge in [0, 0.05) is 0 Å².